The molecule has 17 nitrogen and oxygen atoms in total. The molecule has 0 bridgehead atoms. The largest absolute Gasteiger partial charge is 0.472 e. The Hall–Kier alpha value is -5.32. The van der Waals surface area contributed by atoms with Crippen LogP contribution in [0.15, 0.2) is 158 Å². The number of phosphoric ester groups is 2. The van der Waals surface area contributed by atoms with Crippen LogP contribution in [0.5, 0.6) is 0 Å². The number of ether oxygens (including phenoxy) is 4. The van der Waals surface area contributed by atoms with Crippen molar-refractivity contribution >= 4 is 39.5 Å². The van der Waals surface area contributed by atoms with Gasteiger partial charge in [-0.1, -0.05) is 282 Å². The quantitative estimate of drug-likeness (QED) is 0.0169. The number of carbonyl (C=O) groups excluding carboxylic acids is 4. The fourth-order valence-electron chi connectivity index (χ4n) is 10.4. The molecule has 0 aromatic rings. The summed E-state index contributed by atoms with van der Waals surface area (Å²) in [5, 5.41) is 10.7. The highest BCUT2D eigenvalue weighted by Crippen LogP contribution is 2.45. The molecule has 0 aliphatic heterocycles. The number of allylic oxidation sites excluding steroid dienone is 26. The molecular formula is C87H144O17P2. The van der Waals surface area contributed by atoms with Crippen LogP contribution in [0.1, 0.15) is 310 Å². The molecule has 19 heteroatoms. The highest BCUT2D eigenvalue weighted by molar-refractivity contribution is 7.47. The fourth-order valence-corrected chi connectivity index (χ4v) is 12.0. The van der Waals surface area contributed by atoms with Crippen LogP contribution in [0.2, 0.25) is 0 Å². The van der Waals surface area contributed by atoms with Gasteiger partial charge in [-0.15, -0.1) is 0 Å². The predicted molar refractivity (Wildman–Crippen MR) is 436 cm³/mol. The lowest BCUT2D eigenvalue weighted by atomic mass is 10.1. The number of hydrogen-bond acceptors (Lipinski definition) is 15. The van der Waals surface area contributed by atoms with Crippen LogP contribution in [0.25, 0.3) is 0 Å². The van der Waals surface area contributed by atoms with Crippen molar-refractivity contribution in [3.8, 4) is 0 Å². The summed E-state index contributed by atoms with van der Waals surface area (Å²) < 4.78 is 68.6. The Kier molecular flexibility index (Phi) is 73.9. The molecule has 0 spiro atoms. The second-order valence-corrected chi connectivity index (χ2v) is 29.5. The number of hydrogen-bond donors (Lipinski definition) is 3. The van der Waals surface area contributed by atoms with E-state index in [1.165, 1.54) is 38.5 Å². The molecule has 604 valence electrons. The molecule has 5 atom stereocenters. The summed E-state index contributed by atoms with van der Waals surface area (Å²) in [6.45, 7) is 4.43. The smallest absolute Gasteiger partial charge is 0.462 e. The summed E-state index contributed by atoms with van der Waals surface area (Å²) in [7, 11) is -10.00. The maximum Gasteiger partial charge on any atom is 0.472 e. The van der Waals surface area contributed by atoms with Crippen LogP contribution in [-0.4, -0.2) is 96.7 Å². The van der Waals surface area contributed by atoms with E-state index in [0.29, 0.717) is 32.1 Å². The zero-order valence-electron chi connectivity index (χ0n) is 66.1. The Balaban J connectivity index is 5.46. The van der Waals surface area contributed by atoms with Crippen molar-refractivity contribution in [3.05, 3.63) is 158 Å². The molecule has 0 radical (unpaired) electrons. The highest BCUT2D eigenvalue weighted by Gasteiger charge is 2.30. The second-order valence-electron chi connectivity index (χ2n) is 26.6. The summed E-state index contributed by atoms with van der Waals surface area (Å²) in [6.07, 6.45) is 90.8. The van der Waals surface area contributed by atoms with Crippen molar-refractivity contribution in [1.82, 2.24) is 0 Å². The standard InChI is InChI=1S/C87H144O17P2/c1-5-9-13-17-21-25-29-33-37-39-40-42-45-48-52-56-60-64-68-72-85(90)98-78-83(104-87(92)74-70-66-62-58-54-50-46-41-38-34-30-26-22-18-14-10-6-2)80-102-106(95,96)100-76-81(88)75-99-105(93,94)101-79-82(103-86(91)73-69-65-61-57-53-49-44-36-32-28-24-20-16-12-8-4)77-97-84(89)71-67-63-59-55-51-47-43-35-31-27-23-19-15-11-7-3/h9-11,13-15,21-23,25-27,33-38,40,42-44,46,50,58,62,81-83,88H,5-8,12,16-20,24,28-32,39,41,45,47-49,51-57,59-61,63-80H2,1-4H3,(H,93,94)(H,95,96)/b13-9-,14-10-,15-11-,25-21-,26-22-,27-23-,37-33-,38-34-,42-40-,43-35-,44-36-,50-46-,62-58-. The van der Waals surface area contributed by atoms with Crippen molar-refractivity contribution in [2.75, 3.05) is 39.6 Å². The molecule has 0 fully saturated rings. The van der Waals surface area contributed by atoms with Gasteiger partial charge in [-0.2, -0.15) is 0 Å². The van der Waals surface area contributed by atoms with Gasteiger partial charge in [0.1, 0.15) is 19.3 Å². The Labute approximate surface area is 642 Å². The van der Waals surface area contributed by atoms with Gasteiger partial charge in [0.25, 0.3) is 0 Å². The number of phosphoric acid groups is 2. The van der Waals surface area contributed by atoms with Crippen molar-refractivity contribution in [1.29, 1.82) is 0 Å². The third-order valence-corrected chi connectivity index (χ3v) is 18.4. The van der Waals surface area contributed by atoms with Crippen LogP contribution in [0, 0.1) is 0 Å². The minimum atomic E-state index is -5.01. The number of aliphatic hydroxyl groups is 1. The molecule has 5 unspecified atom stereocenters. The van der Waals surface area contributed by atoms with Crippen LogP contribution in [0.4, 0.5) is 0 Å². The first kappa shape index (κ1) is 101. The van der Waals surface area contributed by atoms with Crippen molar-refractivity contribution in [2.45, 2.75) is 329 Å². The molecule has 0 aliphatic rings. The Bertz CT molecular complexity index is 2630. The lowest BCUT2D eigenvalue weighted by molar-refractivity contribution is -0.161. The van der Waals surface area contributed by atoms with Crippen molar-refractivity contribution < 1.29 is 80.2 Å². The fraction of sp³-hybridized carbons (Fsp3) is 0.655. The van der Waals surface area contributed by atoms with Crippen molar-refractivity contribution in [3.63, 3.8) is 0 Å². The zero-order chi connectivity index (χ0) is 77.4. The predicted octanol–water partition coefficient (Wildman–Crippen LogP) is 24.0. The third-order valence-electron chi connectivity index (χ3n) is 16.5. The normalized spacial score (nSPS) is 14.7. The molecular weight excluding hydrogens is 1380 g/mol. The van der Waals surface area contributed by atoms with Gasteiger partial charge >= 0.3 is 39.5 Å². The van der Waals surface area contributed by atoms with E-state index < -0.39 is 97.5 Å². The summed E-state index contributed by atoms with van der Waals surface area (Å²) in [4.78, 5) is 73.1. The number of unbranched alkanes of at least 4 members (excludes halogenated alkanes) is 23. The van der Waals surface area contributed by atoms with Gasteiger partial charge in [0.05, 0.1) is 26.4 Å². The zero-order valence-corrected chi connectivity index (χ0v) is 67.8. The Morgan fingerprint density at radius 2 is 0.500 bits per heavy atom. The number of carbonyl (C=O) groups is 4. The monoisotopic (exact) mass is 1520 g/mol. The number of aliphatic hydroxyl groups excluding tert-OH is 1. The summed E-state index contributed by atoms with van der Waals surface area (Å²) in [5.41, 5.74) is 0. The molecule has 106 heavy (non-hydrogen) atoms. The van der Waals surface area contributed by atoms with E-state index in [2.05, 4.69) is 174 Å². The van der Waals surface area contributed by atoms with E-state index in [-0.39, 0.29) is 25.7 Å². The molecule has 0 heterocycles. The molecule has 0 rings (SSSR count). The topological polar surface area (TPSA) is 237 Å². The summed E-state index contributed by atoms with van der Waals surface area (Å²) in [5.74, 6) is -2.29. The molecule has 3 N–H and O–H groups in total. The highest BCUT2D eigenvalue weighted by atomic mass is 31.2. The minimum Gasteiger partial charge on any atom is -0.462 e. The summed E-state index contributed by atoms with van der Waals surface area (Å²) in [6, 6.07) is 0. The van der Waals surface area contributed by atoms with Crippen LogP contribution in [0.3, 0.4) is 0 Å². The van der Waals surface area contributed by atoms with Gasteiger partial charge < -0.3 is 33.8 Å². The molecule has 0 amide bonds. The van der Waals surface area contributed by atoms with E-state index >= 15 is 0 Å². The van der Waals surface area contributed by atoms with E-state index in [9.17, 15) is 43.2 Å². The molecule has 0 saturated carbocycles. The number of esters is 4. The van der Waals surface area contributed by atoms with Gasteiger partial charge in [-0.05, 0) is 161 Å². The maximum atomic E-state index is 13.1. The minimum absolute atomic E-state index is 0.00775. The first-order valence-corrected chi connectivity index (χ1v) is 43.7. The van der Waals surface area contributed by atoms with Gasteiger partial charge in [0, 0.05) is 25.7 Å². The van der Waals surface area contributed by atoms with Crippen molar-refractivity contribution in [2.24, 2.45) is 0 Å². The lowest BCUT2D eigenvalue weighted by Crippen LogP contribution is -2.30. The SMILES string of the molecule is CC/C=C\C/C=C\C/C=C\C/C=C\C/C=C\CCCC(=O)OC(COC(=O)CCCCCCCC/C=C\C/C=C\C/C=C\C/C=C\CC)COP(=O)(O)OCC(O)COP(=O)(O)OCC(COC(=O)CCCCCCC/C=C\C/C=C\C/C=C\CC)OC(=O)CCCCCCC/C=C\CCCCCCCC. The van der Waals surface area contributed by atoms with E-state index in [1.807, 2.05) is 12.2 Å². The van der Waals surface area contributed by atoms with E-state index in [1.54, 1.807) is 0 Å². The first-order chi connectivity index (χ1) is 51.7. The Morgan fingerprint density at radius 1 is 0.274 bits per heavy atom. The van der Waals surface area contributed by atoms with E-state index in [4.69, 9.17) is 37.0 Å². The third kappa shape index (κ3) is 76.9. The maximum absolute atomic E-state index is 13.1. The second kappa shape index (κ2) is 77.8. The molecule has 0 aliphatic carbocycles. The molecule has 0 aromatic carbocycles. The Morgan fingerprint density at radius 3 is 0.802 bits per heavy atom. The van der Waals surface area contributed by atoms with Gasteiger partial charge in [-0.3, -0.25) is 37.3 Å². The van der Waals surface area contributed by atoms with E-state index in [0.717, 1.165) is 186 Å². The average Bonchev–Trinajstić information content (AvgIpc) is 0.907. The van der Waals surface area contributed by atoms with Crippen LogP contribution >= 0.6 is 15.6 Å². The summed E-state index contributed by atoms with van der Waals surface area (Å²) >= 11 is 0. The van der Waals surface area contributed by atoms with Gasteiger partial charge in [0.15, 0.2) is 12.2 Å². The first-order valence-electron chi connectivity index (χ1n) is 40.7. The molecule has 0 saturated heterocycles. The van der Waals surface area contributed by atoms with Crippen LogP contribution < -0.4 is 0 Å². The average molecular weight is 1520 g/mol. The lowest BCUT2D eigenvalue weighted by Gasteiger charge is -2.21. The number of rotatable bonds is 75. The van der Waals surface area contributed by atoms with Crippen LogP contribution in [-0.2, 0) is 65.4 Å². The van der Waals surface area contributed by atoms with Gasteiger partial charge in [-0.25, -0.2) is 9.13 Å². The molecule has 0 aromatic heterocycles. The van der Waals surface area contributed by atoms with Gasteiger partial charge in [0.2, 0.25) is 0 Å².